The van der Waals surface area contributed by atoms with Gasteiger partial charge in [-0.1, -0.05) is 6.08 Å². The molecule has 0 spiro atoms. The van der Waals surface area contributed by atoms with Gasteiger partial charge in [0.2, 0.25) is 0 Å². The van der Waals surface area contributed by atoms with E-state index in [0.717, 1.165) is 18.3 Å². The summed E-state index contributed by atoms with van der Waals surface area (Å²) < 4.78 is 81.4. The topological polar surface area (TPSA) is 48.8 Å². The van der Waals surface area contributed by atoms with Crippen molar-refractivity contribution in [1.82, 2.24) is 9.88 Å². The maximum absolute atomic E-state index is 13.8. The Hall–Kier alpha value is -3.05. The van der Waals surface area contributed by atoms with Crippen LogP contribution in [0.15, 0.2) is 61.1 Å². The maximum Gasteiger partial charge on any atom is 0.499 e. The van der Waals surface area contributed by atoms with Gasteiger partial charge in [0.1, 0.15) is 17.7 Å². The highest BCUT2D eigenvalue weighted by molar-refractivity contribution is 5.76. The molecule has 0 radical (unpaired) electrons. The molecule has 5 nitrogen and oxygen atoms in total. The summed E-state index contributed by atoms with van der Waals surface area (Å²) in [5.74, 6) is -1.18. The fourth-order valence-electron chi connectivity index (χ4n) is 3.85. The summed E-state index contributed by atoms with van der Waals surface area (Å²) in [4.78, 5) is 7.61. The summed E-state index contributed by atoms with van der Waals surface area (Å²) in [5, 5.41) is 10.0. The monoisotopic (exact) mass is 471 g/mol. The van der Waals surface area contributed by atoms with E-state index in [1.807, 2.05) is 4.90 Å². The van der Waals surface area contributed by atoms with Crippen molar-refractivity contribution in [3.63, 3.8) is 0 Å². The molecule has 1 aromatic carbocycles. The van der Waals surface area contributed by atoms with Crippen LogP contribution in [0.3, 0.4) is 0 Å². The largest absolute Gasteiger partial charge is 0.499 e. The zero-order valence-corrected chi connectivity index (χ0v) is 17.0. The van der Waals surface area contributed by atoms with Crippen LogP contribution in [-0.4, -0.2) is 52.6 Å². The smallest absolute Gasteiger partial charge is 0.426 e. The lowest BCUT2D eigenvalue weighted by atomic mass is 9.99. The van der Waals surface area contributed by atoms with Gasteiger partial charge in [0.05, 0.1) is 12.3 Å². The summed E-state index contributed by atoms with van der Waals surface area (Å²) in [6.45, 7) is 0.878. The normalized spacial score (nSPS) is 21.9. The molecule has 176 valence electrons. The third-order valence-corrected chi connectivity index (χ3v) is 5.35. The second-order valence-corrected chi connectivity index (χ2v) is 7.68. The molecule has 1 fully saturated rings. The number of aliphatic hydroxyl groups excluding tert-OH is 1. The second-order valence-electron chi connectivity index (χ2n) is 7.68. The van der Waals surface area contributed by atoms with Crippen LogP contribution in [0.5, 0.6) is 5.75 Å². The first-order valence-electron chi connectivity index (χ1n) is 9.98. The number of anilines is 1. The number of alkyl halides is 5. The van der Waals surface area contributed by atoms with E-state index in [0.29, 0.717) is 36.3 Å². The lowest BCUT2D eigenvalue weighted by Crippen LogP contribution is -2.47. The van der Waals surface area contributed by atoms with Gasteiger partial charge in [0.25, 0.3) is 0 Å². The Labute approximate surface area is 185 Å². The Morgan fingerprint density at radius 3 is 2.39 bits per heavy atom. The quantitative estimate of drug-likeness (QED) is 0.648. The number of benzene rings is 1. The van der Waals surface area contributed by atoms with E-state index in [4.69, 9.17) is 0 Å². The minimum atomic E-state index is -5.85. The van der Waals surface area contributed by atoms with E-state index in [1.165, 1.54) is 24.4 Å². The number of ether oxygens (including phenoxy) is 1. The molecule has 2 aliphatic heterocycles. The van der Waals surface area contributed by atoms with Crippen molar-refractivity contribution in [2.45, 2.75) is 31.0 Å². The zero-order chi connectivity index (χ0) is 23.8. The van der Waals surface area contributed by atoms with Crippen LogP contribution in [0, 0.1) is 5.82 Å². The van der Waals surface area contributed by atoms with Crippen LogP contribution < -0.4 is 9.64 Å². The van der Waals surface area contributed by atoms with Gasteiger partial charge in [0, 0.05) is 36.7 Å². The van der Waals surface area contributed by atoms with Gasteiger partial charge in [0.15, 0.2) is 0 Å². The van der Waals surface area contributed by atoms with Crippen LogP contribution in [0.2, 0.25) is 0 Å². The highest BCUT2D eigenvalue weighted by Crippen LogP contribution is 2.39. The maximum atomic E-state index is 13.8. The summed E-state index contributed by atoms with van der Waals surface area (Å²) in [5.41, 5.74) is 1.67. The molecule has 1 unspecified atom stereocenters. The Bertz CT molecular complexity index is 1050. The third-order valence-electron chi connectivity index (χ3n) is 5.35. The molecule has 2 aliphatic rings. The molecule has 2 atom stereocenters. The number of hydrogen-bond acceptors (Lipinski definition) is 5. The lowest BCUT2D eigenvalue weighted by molar-refractivity contribution is -0.360. The first kappa shape index (κ1) is 23.1. The average Bonchev–Trinajstić information content (AvgIpc) is 3.18. The van der Waals surface area contributed by atoms with Crippen molar-refractivity contribution in [3.8, 4) is 5.75 Å². The molecule has 0 amide bonds. The average molecular weight is 471 g/mol. The van der Waals surface area contributed by atoms with Crippen molar-refractivity contribution >= 4 is 11.3 Å². The van der Waals surface area contributed by atoms with Gasteiger partial charge in [-0.15, -0.1) is 0 Å². The zero-order valence-electron chi connectivity index (χ0n) is 17.0. The number of allylic oxidation sites excluding steroid dienone is 2. The molecular formula is C22H19F6N3O2. The predicted molar refractivity (Wildman–Crippen MR) is 108 cm³/mol. The fraction of sp³-hybridized carbons (Fsp3) is 0.318. The summed E-state index contributed by atoms with van der Waals surface area (Å²) in [6, 6.07) is 6.05. The minimum Gasteiger partial charge on any atom is -0.426 e. The molecule has 11 heteroatoms. The second kappa shape index (κ2) is 8.71. The number of aliphatic hydroxyl groups is 1. The molecule has 1 aromatic heterocycles. The fourth-order valence-corrected chi connectivity index (χ4v) is 3.85. The Balaban J connectivity index is 1.64. The molecule has 0 aliphatic carbocycles. The van der Waals surface area contributed by atoms with Crippen molar-refractivity contribution in [3.05, 3.63) is 72.5 Å². The van der Waals surface area contributed by atoms with Crippen molar-refractivity contribution in [2.75, 3.05) is 18.0 Å². The van der Waals surface area contributed by atoms with E-state index in [9.17, 15) is 31.4 Å². The highest BCUT2D eigenvalue weighted by atomic mass is 19.4. The van der Waals surface area contributed by atoms with E-state index >= 15 is 0 Å². The molecule has 3 heterocycles. The number of rotatable bonds is 5. The van der Waals surface area contributed by atoms with Crippen LogP contribution >= 0.6 is 0 Å². The molecule has 4 rings (SSSR count). The number of β-amino-alcohol motifs (C(OH)–C–C–N with tert-alkyl or cyclic N) is 1. The molecule has 0 bridgehead atoms. The Morgan fingerprint density at radius 2 is 1.79 bits per heavy atom. The molecule has 0 saturated carbocycles. The number of halogens is 6. The first-order chi connectivity index (χ1) is 15.5. The predicted octanol–water partition coefficient (Wildman–Crippen LogP) is 4.56. The molecular weight excluding hydrogens is 452 g/mol. The minimum absolute atomic E-state index is 0.341. The van der Waals surface area contributed by atoms with Gasteiger partial charge in [-0.3, -0.25) is 9.88 Å². The number of hydrogen-bond donors (Lipinski definition) is 1. The molecule has 2 aromatic rings. The summed E-state index contributed by atoms with van der Waals surface area (Å²) in [7, 11) is 0. The lowest BCUT2D eigenvalue weighted by Gasteiger charge is -2.40. The van der Waals surface area contributed by atoms with Crippen LogP contribution in [0.25, 0.3) is 5.57 Å². The SMILES string of the molecule is OC1CCN([C@H]2C(c3cncc(F)c3)=CC=CN2c2ccc(OC(F)(F)C(F)(F)F)cc2)C1. The highest BCUT2D eigenvalue weighted by Gasteiger charge is 2.61. The van der Waals surface area contributed by atoms with Gasteiger partial charge in [-0.2, -0.15) is 22.0 Å². The van der Waals surface area contributed by atoms with Crippen molar-refractivity contribution < 1.29 is 36.2 Å². The third kappa shape index (κ3) is 4.83. The van der Waals surface area contributed by atoms with Crippen LogP contribution in [0.4, 0.5) is 32.0 Å². The first-order valence-corrected chi connectivity index (χ1v) is 9.98. The van der Waals surface area contributed by atoms with Crippen LogP contribution in [-0.2, 0) is 0 Å². The standard InChI is InChI=1S/C22H19F6N3O2/c23-15-10-14(11-29-12-15)19-2-1-8-31(20(19)30-9-7-17(32)13-30)16-3-5-18(6-4-16)33-22(27,28)21(24,25)26/h1-6,8,10-12,17,20,32H,7,9,13H2/t17?,20-/m1/s1. The number of likely N-dealkylation sites (tertiary alicyclic amines) is 1. The van der Waals surface area contributed by atoms with Gasteiger partial charge >= 0.3 is 12.3 Å². The number of aromatic nitrogens is 1. The van der Waals surface area contributed by atoms with Crippen LogP contribution in [0.1, 0.15) is 12.0 Å². The van der Waals surface area contributed by atoms with Gasteiger partial charge < -0.3 is 14.7 Å². The number of nitrogens with zero attached hydrogens (tertiary/aromatic N) is 3. The Morgan fingerprint density at radius 1 is 1.06 bits per heavy atom. The molecule has 1 saturated heterocycles. The van der Waals surface area contributed by atoms with E-state index in [2.05, 4.69) is 9.72 Å². The van der Waals surface area contributed by atoms with E-state index < -0.39 is 36.1 Å². The van der Waals surface area contributed by atoms with E-state index in [-0.39, 0.29) is 0 Å². The van der Waals surface area contributed by atoms with Crippen molar-refractivity contribution in [2.24, 2.45) is 0 Å². The summed E-state index contributed by atoms with van der Waals surface area (Å²) >= 11 is 0. The van der Waals surface area contributed by atoms with Gasteiger partial charge in [-0.25, -0.2) is 4.39 Å². The summed E-state index contributed by atoms with van der Waals surface area (Å²) in [6.07, 6.45) is -3.94. The number of pyridine rings is 1. The Kier molecular flexibility index (Phi) is 6.10. The van der Waals surface area contributed by atoms with Crippen molar-refractivity contribution in [1.29, 1.82) is 0 Å². The molecule has 33 heavy (non-hydrogen) atoms. The molecule has 1 N–H and O–H groups in total. The van der Waals surface area contributed by atoms with E-state index in [1.54, 1.807) is 23.3 Å². The van der Waals surface area contributed by atoms with Gasteiger partial charge in [-0.05, 0) is 48.4 Å².